The van der Waals surface area contributed by atoms with E-state index in [1.807, 2.05) is 0 Å². The standard InChI is InChI=1S/C5H11NO2S2/c1-5(9,10)2-3(6)4(7)8/h3,9-10H,2,6H2,1H3,(H,7,8)/t3-/m1/s1. The van der Waals surface area contributed by atoms with E-state index in [9.17, 15) is 4.79 Å². The molecule has 0 radical (unpaired) electrons. The van der Waals surface area contributed by atoms with E-state index < -0.39 is 16.1 Å². The number of carboxylic acids is 1. The Labute approximate surface area is 70.8 Å². The second-order valence-corrected chi connectivity index (χ2v) is 4.69. The van der Waals surface area contributed by atoms with Crippen LogP contribution in [0.1, 0.15) is 13.3 Å². The van der Waals surface area contributed by atoms with Crippen LogP contribution in [0.25, 0.3) is 0 Å². The van der Waals surface area contributed by atoms with Crippen molar-refractivity contribution in [1.29, 1.82) is 0 Å². The number of hydrogen-bond acceptors (Lipinski definition) is 4. The molecule has 10 heavy (non-hydrogen) atoms. The lowest BCUT2D eigenvalue weighted by molar-refractivity contribution is -0.138. The first-order chi connectivity index (χ1) is 4.33. The maximum Gasteiger partial charge on any atom is 0.320 e. The molecule has 3 N–H and O–H groups in total. The van der Waals surface area contributed by atoms with Crippen LogP contribution in [0.4, 0.5) is 0 Å². The van der Waals surface area contributed by atoms with Gasteiger partial charge in [0.05, 0.1) is 4.08 Å². The summed E-state index contributed by atoms with van der Waals surface area (Å²) in [5, 5.41) is 8.35. The van der Waals surface area contributed by atoms with Gasteiger partial charge in [-0.15, -0.1) is 0 Å². The molecule has 0 rings (SSSR count). The summed E-state index contributed by atoms with van der Waals surface area (Å²) in [5.41, 5.74) is 5.21. The number of nitrogens with two attached hydrogens (primary N) is 1. The highest BCUT2D eigenvalue weighted by Crippen LogP contribution is 2.23. The van der Waals surface area contributed by atoms with E-state index in [2.05, 4.69) is 25.3 Å². The highest BCUT2D eigenvalue weighted by atomic mass is 32.2. The molecule has 0 aliphatic heterocycles. The van der Waals surface area contributed by atoms with Crippen LogP contribution in [0.15, 0.2) is 0 Å². The van der Waals surface area contributed by atoms with E-state index in [-0.39, 0.29) is 6.42 Å². The molecular formula is C5H11NO2S2. The smallest absolute Gasteiger partial charge is 0.320 e. The van der Waals surface area contributed by atoms with Crippen molar-refractivity contribution in [2.24, 2.45) is 5.73 Å². The second kappa shape index (κ2) is 3.50. The maximum atomic E-state index is 10.2. The summed E-state index contributed by atoms with van der Waals surface area (Å²) >= 11 is 8.02. The Bertz CT molecular complexity index is 132. The maximum absolute atomic E-state index is 10.2. The van der Waals surface area contributed by atoms with E-state index >= 15 is 0 Å². The highest BCUT2D eigenvalue weighted by Gasteiger charge is 2.21. The summed E-state index contributed by atoms with van der Waals surface area (Å²) in [6.07, 6.45) is 0.245. The molecule has 0 amide bonds. The van der Waals surface area contributed by atoms with Gasteiger partial charge in [-0.1, -0.05) is 0 Å². The van der Waals surface area contributed by atoms with E-state index in [4.69, 9.17) is 10.8 Å². The number of hydrogen-bond donors (Lipinski definition) is 4. The fourth-order valence-corrected chi connectivity index (χ4v) is 0.897. The van der Waals surface area contributed by atoms with Crippen molar-refractivity contribution < 1.29 is 9.90 Å². The lowest BCUT2D eigenvalue weighted by Crippen LogP contribution is -2.34. The third-order valence-electron chi connectivity index (χ3n) is 0.924. The average Bonchev–Trinajstić information content (AvgIpc) is 1.60. The summed E-state index contributed by atoms with van der Waals surface area (Å²) in [4.78, 5) is 10.2. The Hall–Kier alpha value is 0.130. The molecule has 0 aromatic rings. The molecular weight excluding hydrogens is 170 g/mol. The molecule has 0 unspecified atom stereocenters. The predicted octanol–water partition coefficient (Wildman–Crippen LogP) is 0.364. The molecule has 5 heteroatoms. The zero-order valence-electron chi connectivity index (χ0n) is 5.61. The van der Waals surface area contributed by atoms with Gasteiger partial charge in [-0.3, -0.25) is 4.79 Å². The minimum atomic E-state index is -1.02. The topological polar surface area (TPSA) is 63.3 Å². The Balaban J connectivity index is 3.80. The van der Waals surface area contributed by atoms with Crippen LogP contribution >= 0.6 is 25.3 Å². The van der Waals surface area contributed by atoms with Gasteiger partial charge in [-0.05, 0) is 13.3 Å². The first-order valence-electron chi connectivity index (χ1n) is 2.76. The molecule has 0 aliphatic rings. The molecule has 0 aromatic carbocycles. The minimum Gasteiger partial charge on any atom is -0.480 e. The Kier molecular flexibility index (Phi) is 3.55. The summed E-state index contributed by atoms with van der Waals surface area (Å²) in [6, 6.07) is -0.875. The van der Waals surface area contributed by atoms with Gasteiger partial charge in [0.2, 0.25) is 0 Å². The molecule has 0 fully saturated rings. The molecule has 1 atom stereocenters. The van der Waals surface area contributed by atoms with Crippen LogP contribution in [-0.4, -0.2) is 21.2 Å². The first kappa shape index (κ1) is 10.1. The quantitative estimate of drug-likeness (QED) is 0.375. The number of carbonyl (C=O) groups is 1. The molecule has 0 aromatic heterocycles. The molecule has 0 saturated carbocycles. The summed E-state index contributed by atoms with van der Waals surface area (Å²) < 4.78 is -0.613. The van der Waals surface area contributed by atoms with Crippen molar-refractivity contribution in [1.82, 2.24) is 0 Å². The molecule has 0 saturated heterocycles. The molecule has 0 aliphatic carbocycles. The van der Waals surface area contributed by atoms with Crippen molar-refractivity contribution >= 4 is 31.2 Å². The van der Waals surface area contributed by atoms with Gasteiger partial charge < -0.3 is 10.8 Å². The summed E-state index contributed by atoms with van der Waals surface area (Å²) in [6.45, 7) is 1.70. The summed E-state index contributed by atoms with van der Waals surface area (Å²) in [7, 11) is 0. The van der Waals surface area contributed by atoms with E-state index in [1.54, 1.807) is 6.92 Å². The van der Waals surface area contributed by atoms with Crippen molar-refractivity contribution in [2.75, 3.05) is 0 Å². The van der Waals surface area contributed by atoms with Crippen molar-refractivity contribution in [3.63, 3.8) is 0 Å². The monoisotopic (exact) mass is 181 g/mol. The van der Waals surface area contributed by atoms with Gasteiger partial charge in [0.1, 0.15) is 6.04 Å². The number of carboxylic acid groups (broad SMARTS) is 1. The van der Waals surface area contributed by atoms with Crippen LogP contribution in [-0.2, 0) is 4.79 Å². The van der Waals surface area contributed by atoms with E-state index in [0.717, 1.165) is 0 Å². The average molecular weight is 181 g/mol. The van der Waals surface area contributed by atoms with Gasteiger partial charge in [0.15, 0.2) is 0 Å². The Morgan fingerprint density at radius 1 is 1.80 bits per heavy atom. The highest BCUT2D eigenvalue weighted by molar-refractivity contribution is 8.00. The number of thiol groups is 2. The van der Waals surface area contributed by atoms with E-state index in [1.165, 1.54) is 0 Å². The second-order valence-electron chi connectivity index (χ2n) is 2.37. The van der Waals surface area contributed by atoms with Gasteiger partial charge in [-0.2, -0.15) is 25.3 Å². The van der Waals surface area contributed by atoms with Gasteiger partial charge in [0.25, 0.3) is 0 Å². The van der Waals surface area contributed by atoms with E-state index in [0.29, 0.717) is 0 Å². The minimum absolute atomic E-state index is 0.245. The van der Waals surface area contributed by atoms with Gasteiger partial charge >= 0.3 is 5.97 Å². The predicted molar refractivity (Wildman–Crippen MR) is 46.6 cm³/mol. The third kappa shape index (κ3) is 4.96. The Morgan fingerprint density at radius 2 is 2.20 bits per heavy atom. The van der Waals surface area contributed by atoms with Crippen LogP contribution in [0.3, 0.4) is 0 Å². The molecule has 0 spiro atoms. The first-order valence-corrected chi connectivity index (χ1v) is 3.65. The van der Waals surface area contributed by atoms with Gasteiger partial charge in [-0.25, -0.2) is 0 Å². The third-order valence-corrected chi connectivity index (χ3v) is 1.29. The lowest BCUT2D eigenvalue weighted by Gasteiger charge is -2.18. The number of aliphatic carboxylic acids is 1. The van der Waals surface area contributed by atoms with Crippen molar-refractivity contribution in [3.05, 3.63) is 0 Å². The van der Waals surface area contributed by atoms with Crippen molar-refractivity contribution in [2.45, 2.75) is 23.5 Å². The SMILES string of the molecule is CC(S)(S)C[C@@H](N)C(=O)O. The van der Waals surface area contributed by atoms with Crippen LogP contribution in [0.5, 0.6) is 0 Å². The molecule has 60 valence electrons. The normalized spacial score (nSPS) is 14.8. The molecule has 3 nitrogen and oxygen atoms in total. The zero-order valence-corrected chi connectivity index (χ0v) is 7.40. The largest absolute Gasteiger partial charge is 0.480 e. The number of rotatable bonds is 3. The lowest BCUT2D eigenvalue weighted by atomic mass is 10.2. The van der Waals surface area contributed by atoms with Crippen molar-refractivity contribution in [3.8, 4) is 0 Å². The molecule has 0 heterocycles. The summed E-state index contributed by atoms with van der Waals surface area (Å²) in [5.74, 6) is -1.02. The van der Waals surface area contributed by atoms with Crippen LogP contribution < -0.4 is 5.73 Å². The fourth-order valence-electron chi connectivity index (χ4n) is 0.504. The zero-order chi connectivity index (χ0) is 8.36. The van der Waals surface area contributed by atoms with Gasteiger partial charge in [0, 0.05) is 0 Å². The van der Waals surface area contributed by atoms with Crippen LogP contribution in [0, 0.1) is 0 Å². The molecule has 0 bridgehead atoms. The fraction of sp³-hybridized carbons (Fsp3) is 0.800. The Morgan fingerprint density at radius 3 is 2.30 bits per heavy atom. The van der Waals surface area contributed by atoms with Crippen LogP contribution in [0.2, 0.25) is 0 Å².